The molecule has 2 atom stereocenters. The fourth-order valence-corrected chi connectivity index (χ4v) is 4.32. The number of hydrogen-bond donors (Lipinski definition) is 0. The molecule has 4 rings (SSSR count). The summed E-state index contributed by atoms with van der Waals surface area (Å²) in [6.45, 7) is 1.34. The van der Waals surface area contributed by atoms with Gasteiger partial charge in [0.2, 0.25) is 0 Å². The Morgan fingerprint density at radius 3 is 1.62 bits per heavy atom. The Morgan fingerprint density at radius 2 is 1.12 bits per heavy atom. The van der Waals surface area contributed by atoms with Crippen molar-refractivity contribution >= 4 is 0 Å². The Morgan fingerprint density at radius 1 is 0.667 bits per heavy atom. The molecular formula is C22H26O2. The summed E-state index contributed by atoms with van der Waals surface area (Å²) in [6.07, 6.45) is 7.31. The molecule has 0 saturated heterocycles. The molecule has 2 aromatic carbocycles. The minimum absolute atomic E-state index is 0.480. The van der Waals surface area contributed by atoms with Crippen LogP contribution in [0.4, 0.5) is 0 Å². The number of fused-ring (bicyclic) bond motifs is 2. The Hall–Kier alpha value is -1.64. The number of benzene rings is 2. The zero-order valence-corrected chi connectivity index (χ0v) is 14.2. The van der Waals surface area contributed by atoms with Gasteiger partial charge in [-0.05, 0) is 60.8 Å². The first-order valence-electron chi connectivity index (χ1n) is 9.32. The smallest absolute Gasteiger partial charge is 0.0890 e. The topological polar surface area (TPSA) is 18.5 Å². The third-order valence-electron chi connectivity index (χ3n) is 5.61. The molecule has 0 aromatic heterocycles. The van der Waals surface area contributed by atoms with Crippen LogP contribution in [0.5, 0.6) is 0 Å². The van der Waals surface area contributed by atoms with E-state index in [1.165, 1.54) is 60.8 Å². The van der Waals surface area contributed by atoms with Crippen LogP contribution in [0, 0.1) is 0 Å². The molecule has 2 aromatic rings. The Balaban J connectivity index is 1.30. The van der Waals surface area contributed by atoms with E-state index in [-0.39, 0.29) is 0 Å². The summed E-state index contributed by atoms with van der Waals surface area (Å²) in [5, 5.41) is 0. The summed E-state index contributed by atoms with van der Waals surface area (Å²) >= 11 is 0. The largest absolute Gasteiger partial charge is 0.236 e. The molecule has 0 N–H and O–H groups in total. The fourth-order valence-electron chi connectivity index (χ4n) is 4.32. The van der Waals surface area contributed by atoms with E-state index in [1.807, 2.05) is 0 Å². The van der Waals surface area contributed by atoms with Crippen LogP contribution < -0.4 is 0 Å². The van der Waals surface area contributed by atoms with Crippen molar-refractivity contribution in [1.29, 1.82) is 0 Å². The maximum Gasteiger partial charge on any atom is 0.0890 e. The van der Waals surface area contributed by atoms with E-state index in [2.05, 4.69) is 48.5 Å². The van der Waals surface area contributed by atoms with Gasteiger partial charge in [-0.1, -0.05) is 48.5 Å². The van der Waals surface area contributed by atoms with Gasteiger partial charge in [-0.25, -0.2) is 9.78 Å². The molecule has 0 saturated carbocycles. The van der Waals surface area contributed by atoms with Crippen LogP contribution in [0.2, 0.25) is 0 Å². The number of rotatable bonds is 5. The highest BCUT2D eigenvalue weighted by Crippen LogP contribution is 2.33. The predicted molar refractivity (Wildman–Crippen MR) is 96.1 cm³/mol. The van der Waals surface area contributed by atoms with E-state index in [4.69, 9.17) is 9.78 Å². The maximum atomic E-state index is 5.65. The highest BCUT2D eigenvalue weighted by atomic mass is 17.2. The molecule has 126 valence electrons. The van der Waals surface area contributed by atoms with Gasteiger partial charge in [0.25, 0.3) is 0 Å². The molecule has 0 amide bonds. The van der Waals surface area contributed by atoms with E-state index in [9.17, 15) is 0 Å². The van der Waals surface area contributed by atoms with E-state index >= 15 is 0 Å². The van der Waals surface area contributed by atoms with Gasteiger partial charge in [-0.15, -0.1) is 0 Å². The molecule has 0 spiro atoms. The second-order valence-corrected chi connectivity index (χ2v) is 7.14. The van der Waals surface area contributed by atoms with Gasteiger partial charge in [-0.3, -0.25) is 0 Å². The Labute approximate surface area is 144 Å². The Bertz CT molecular complexity index is 620. The summed E-state index contributed by atoms with van der Waals surface area (Å²) in [5.74, 6) is 0.960. The molecule has 2 aliphatic rings. The van der Waals surface area contributed by atoms with Gasteiger partial charge >= 0.3 is 0 Å². The summed E-state index contributed by atoms with van der Waals surface area (Å²) in [6, 6.07) is 17.6. The van der Waals surface area contributed by atoms with Crippen LogP contribution >= 0.6 is 0 Å². The lowest BCUT2D eigenvalue weighted by molar-refractivity contribution is -0.300. The molecule has 0 bridgehead atoms. The van der Waals surface area contributed by atoms with Crippen molar-refractivity contribution in [2.75, 3.05) is 13.2 Å². The standard InChI is InChI=1S/C22H26O2/c1-3-13-21-17(7-1)9-5-11-19(21)15-23-24-16-20-12-6-10-18-8-2-4-14-22(18)20/h1-4,7-8,13-14,19-20H,5-6,9-12,15-16H2. The SMILES string of the molecule is c1ccc2c(c1)CCCC2COOCC1CCCc2ccccc21. The second-order valence-electron chi connectivity index (χ2n) is 7.14. The normalized spacial score (nSPS) is 22.7. The summed E-state index contributed by atoms with van der Waals surface area (Å²) in [4.78, 5) is 11.3. The van der Waals surface area contributed by atoms with E-state index in [1.54, 1.807) is 0 Å². The van der Waals surface area contributed by atoms with Crippen LogP contribution in [0.25, 0.3) is 0 Å². The molecule has 2 nitrogen and oxygen atoms in total. The van der Waals surface area contributed by atoms with Crippen molar-refractivity contribution < 1.29 is 9.78 Å². The highest BCUT2D eigenvalue weighted by Gasteiger charge is 2.22. The summed E-state index contributed by atoms with van der Waals surface area (Å²) in [5.41, 5.74) is 5.88. The minimum Gasteiger partial charge on any atom is -0.236 e. The van der Waals surface area contributed by atoms with Crippen molar-refractivity contribution in [1.82, 2.24) is 0 Å². The lowest BCUT2D eigenvalue weighted by Gasteiger charge is -2.26. The molecule has 0 radical (unpaired) electrons. The molecular weight excluding hydrogens is 296 g/mol. The van der Waals surface area contributed by atoms with Crippen molar-refractivity contribution in [2.24, 2.45) is 0 Å². The van der Waals surface area contributed by atoms with Crippen molar-refractivity contribution in [3.05, 3.63) is 70.8 Å². The zero-order chi connectivity index (χ0) is 16.2. The maximum absolute atomic E-state index is 5.65. The fraction of sp³-hybridized carbons (Fsp3) is 0.455. The number of hydrogen-bond acceptors (Lipinski definition) is 2. The lowest BCUT2D eigenvalue weighted by Crippen LogP contribution is -2.18. The van der Waals surface area contributed by atoms with E-state index in [0.29, 0.717) is 25.0 Å². The summed E-state index contributed by atoms with van der Waals surface area (Å²) in [7, 11) is 0. The lowest BCUT2D eigenvalue weighted by atomic mass is 9.83. The van der Waals surface area contributed by atoms with Crippen LogP contribution in [-0.2, 0) is 22.6 Å². The van der Waals surface area contributed by atoms with Gasteiger partial charge in [0.15, 0.2) is 0 Å². The molecule has 2 unspecified atom stereocenters. The van der Waals surface area contributed by atoms with Gasteiger partial charge in [0.1, 0.15) is 0 Å². The van der Waals surface area contributed by atoms with Crippen LogP contribution in [0.3, 0.4) is 0 Å². The van der Waals surface area contributed by atoms with Crippen LogP contribution in [0.1, 0.15) is 59.8 Å². The van der Waals surface area contributed by atoms with Gasteiger partial charge < -0.3 is 0 Å². The van der Waals surface area contributed by atoms with E-state index < -0.39 is 0 Å². The quantitative estimate of drug-likeness (QED) is 0.429. The molecule has 0 aliphatic heterocycles. The molecule has 0 heterocycles. The first-order chi connectivity index (χ1) is 11.9. The molecule has 2 aliphatic carbocycles. The molecule has 0 fully saturated rings. The Kier molecular flexibility index (Phi) is 4.96. The number of aryl methyl sites for hydroxylation is 2. The van der Waals surface area contributed by atoms with Gasteiger partial charge in [-0.2, -0.15) is 0 Å². The third-order valence-corrected chi connectivity index (χ3v) is 5.61. The van der Waals surface area contributed by atoms with Crippen LogP contribution in [-0.4, -0.2) is 13.2 Å². The average molecular weight is 322 g/mol. The van der Waals surface area contributed by atoms with Crippen molar-refractivity contribution in [3.8, 4) is 0 Å². The predicted octanol–water partition coefficient (Wildman–Crippen LogP) is 5.17. The van der Waals surface area contributed by atoms with E-state index in [0.717, 1.165) is 0 Å². The average Bonchev–Trinajstić information content (AvgIpc) is 2.65. The molecule has 24 heavy (non-hydrogen) atoms. The van der Waals surface area contributed by atoms with Crippen molar-refractivity contribution in [2.45, 2.75) is 50.4 Å². The van der Waals surface area contributed by atoms with Gasteiger partial charge in [0, 0.05) is 11.8 Å². The first kappa shape index (κ1) is 15.9. The zero-order valence-electron chi connectivity index (χ0n) is 14.2. The van der Waals surface area contributed by atoms with Crippen LogP contribution in [0.15, 0.2) is 48.5 Å². The second kappa shape index (κ2) is 7.50. The molecule has 2 heteroatoms. The van der Waals surface area contributed by atoms with Crippen molar-refractivity contribution in [3.63, 3.8) is 0 Å². The minimum atomic E-state index is 0.480. The third kappa shape index (κ3) is 3.40. The first-order valence-corrected chi connectivity index (χ1v) is 9.32. The highest BCUT2D eigenvalue weighted by molar-refractivity contribution is 5.33. The monoisotopic (exact) mass is 322 g/mol. The van der Waals surface area contributed by atoms with Gasteiger partial charge in [0.05, 0.1) is 13.2 Å². The summed E-state index contributed by atoms with van der Waals surface area (Å²) < 4.78 is 0.